The van der Waals surface area contributed by atoms with Gasteiger partial charge in [0.15, 0.2) is 0 Å². The Kier molecular flexibility index (Phi) is 4.04. The molecule has 1 aliphatic rings. The maximum Gasteiger partial charge on any atom is 0.0594 e. The van der Waals surface area contributed by atoms with Gasteiger partial charge in [0.2, 0.25) is 0 Å². The highest BCUT2D eigenvalue weighted by Crippen LogP contribution is 2.34. The van der Waals surface area contributed by atoms with Gasteiger partial charge in [-0.05, 0) is 42.3 Å². The summed E-state index contributed by atoms with van der Waals surface area (Å²) in [6.45, 7) is 6.25. The summed E-state index contributed by atoms with van der Waals surface area (Å²) >= 11 is 0. The summed E-state index contributed by atoms with van der Waals surface area (Å²) in [5.41, 5.74) is 1.38. The Morgan fingerprint density at radius 2 is 2.00 bits per heavy atom. The lowest BCUT2D eigenvalue weighted by Crippen LogP contribution is -2.31. The van der Waals surface area contributed by atoms with Crippen molar-refractivity contribution in [1.82, 2.24) is 5.32 Å². The van der Waals surface area contributed by atoms with Gasteiger partial charge in [-0.15, -0.1) is 0 Å². The van der Waals surface area contributed by atoms with Gasteiger partial charge in [0.25, 0.3) is 0 Å². The van der Waals surface area contributed by atoms with Gasteiger partial charge in [0.1, 0.15) is 0 Å². The largest absolute Gasteiger partial charge is 0.378 e. The van der Waals surface area contributed by atoms with Crippen LogP contribution in [0.4, 0.5) is 0 Å². The standard InChI is InChI=1S/C18H23NO/c1-3-19-18(17-10-11-20-13(17)2)16-9-8-14-6-4-5-7-15(14)12-16/h4-9,12-13,17-19H,3,10-11H2,1-2H3. The predicted molar refractivity (Wildman–Crippen MR) is 83.9 cm³/mol. The van der Waals surface area contributed by atoms with E-state index in [1.165, 1.54) is 16.3 Å². The molecule has 0 spiro atoms. The summed E-state index contributed by atoms with van der Waals surface area (Å²) in [6.07, 6.45) is 1.48. The first-order valence-corrected chi connectivity index (χ1v) is 7.63. The van der Waals surface area contributed by atoms with Crippen molar-refractivity contribution < 1.29 is 4.74 Å². The molecule has 106 valence electrons. The van der Waals surface area contributed by atoms with Crippen LogP contribution in [0.3, 0.4) is 0 Å². The predicted octanol–water partition coefficient (Wildman–Crippen LogP) is 3.92. The first kappa shape index (κ1) is 13.6. The lowest BCUT2D eigenvalue weighted by atomic mass is 9.87. The highest BCUT2D eigenvalue weighted by Gasteiger charge is 2.32. The Bertz CT molecular complexity index is 580. The smallest absolute Gasteiger partial charge is 0.0594 e. The van der Waals surface area contributed by atoms with Gasteiger partial charge in [-0.2, -0.15) is 0 Å². The molecule has 1 aliphatic heterocycles. The fourth-order valence-corrected chi connectivity index (χ4v) is 3.32. The fraction of sp³-hybridized carbons (Fsp3) is 0.444. The Balaban J connectivity index is 1.96. The van der Waals surface area contributed by atoms with Crippen molar-refractivity contribution in [3.63, 3.8) is 0 Å². The molecule has 3 atom stereocenters. The molecule has 0 amide bonds. The number of ether oxygens (including phenoxy) is 1. The van der Waals surface area contributed by atoms with E-state index in [1.807, 2.05) is 0 Å². The number of rotatable bonds is 4. The second-order valence-corrected chi connectivity index (χ2v) is 5.67. The molecule has 1 heterocycles. The van der Waals surface area contributed by atoms with E-state index >= 15 is 0 Å². The Labute approximate surface area is 121 Å². The Morgan fingerprint density at radius 1 is 1.20 bits per heavy atom. The number of hydrogen-bond donors (Lipinski definition) is 1. The van der Waals surface area contributed by atoms with Gasteiger partial charge in [0.05, 0.1) is 6.10 Å². The summed E-state index contributed by atoms with van der Waals surface area (Å²) in [7, 11) is 0. The molecule has 0 radical (unpaired) electrons. The summed E-state index contributed by atoms with van der Waals surface area (Å²) < 4.78 is 5.76. The molecular weight excluding hydrogens is 246 g/mol. The lowest BCUT2D eigenvalue weighted by Gasteiger charge is -2.27. The van der Waals surface area contributed by atoms with Crippen molar-refractivity contribution in [3.05, 3.63) is 48.0 Å². The SMILES string of the molecule is CCNC(c1ccc2ccccc2c1)C1CCOC1C. The van der Waals surface area contributed by atoms with Crippen molar-refractivity contribution in [3.8, 4) is 0 Å². The molecule has 3 rings (SSSR count). The zero-order valence-electron chi connectivity index (χ0n) is 12.3. The fourth-order valence-electron chi connectivity index (χ4n) is 3.32. The summed E-state index contributed by atoms with van der Waals surface area (Å²) in [6, 6.07) is 15.8. The summed E-state index contributed by atoms with van der Waals surface area (Å²) in [5.74, 6) is 0.566. The van der Waals surface area contributed by atoms with Crippen LogP contribution in [0.25, 0.3) is 10.8 Å². The van der Waals surface area contributed by atoms with Crippen LogP contribution in [0.1, 0.15) is 31.9 Å². The van der Waals surface area contributed by atoms with Crippen LogP contribution >= 0.6 is 0 Å². The first-order valence-electron chi connectivity index (χ1n) is 7.63. The van der Waals surface area contributed by atoms with E-state index in [4.69, 9.17) is 4.74 Å². The van der Waals surface area contributed by atoms with Crippen molar-refractivity contribution in [2.45, 2.75) is 32.4 Å². The zero-order chi connectivity index (χ0) is 13.9. The van der Waals surface area contributed by atoms with E-state index < -0.39 is 0 Å². The van der Waals surface area contributed by atoms with Crippen molar-refractivity contribution in [1.29, 1.82) is 0 Å². The highest BCUT2D eigenvalue weighted by atomic mass is 16.5. The van der Waals surface area contributed by atoms with Crippen molar-refractivity contribution in [2.24, 2.45) is 5.92 Å². The van der Waals surface area contributed by atoms with Crippen LogP contribution in [0, 0.1) is 5.92 Å². The molecule has 0 saturated carbocycles. The first-order chi connectivity index (χ1) is 9.79. The quantitative estimate of drug-likeness (QED) is 0.908. The van der Waals surface area contributed by atoms with E-state index in [9.17, 15) is 0 Å². The van der Waals surface area contributed by atoms with Gasteiger partial charge in [-0.1, -0.05) is 43.3 Å². The number of benzene rings is 2. The third kappa shape index (κ3) is 2.58. The van der Waals surface area contributed by atoms with Gasteiger partial charge >= 0.3 is 0 Å². The molecule has 0 aromatic heterocycles. The van der Waals surface area contributed by atoms with Gasteiger partial charge < -0.3 is 10.1 Å². The van der Waals surface area contributed by atoms with Crippen LogP contribution < -0.4 is 5.32 Å². The minimum Gasteiger partial charge on any atom is -0.378 e. The lowest BCUT2D eigenvalue weighted by molar-refractivity contribution is 0.0956. The molecule has 0 aliphatic carbocycles. The molecule has 1 saturated heterocycles. The zero-order valence-corrected chi connectivity index (χ0v) is 12.3. The monoisotopic (exact) mass is 269 g/mol. The normalized spacial score (nSPS) is 24.1. The minimum atomic E-state index is 0.338. The topological polar surface area (TPSA) is 21.3 Å². The second kappa shape index (κ2) is 5.94. The van der Waals surface area contributed by atoms with Gasteiger partial charge in [-0.3, -0.25) is 0 Å². The summed E-state index contributed by atoms with van der Waals surface area (Å²) in [4.78, 5) is 0. The Hall–Kier alpha value is -1.38. The van der Waals surface area contributed by atoms with Crippen LogP contribution in [0.15, 0.2) is 42.5 Å². The van der Waals surface area contributed by atoms with Crippen LogP contribution in [-0.4, -0.2) is 19.3 Å². The average molecular weight is 269 g/mol. The molecule has 20 heavy (non-hydrogen) atoms. The number of nitrogens with one attached hydrogen (secondary N) is 1. The maximum atomic E-state index is 5.76. The van der Waals surface area contributed by atoms with E-state index in [1.54, 1.807) is 0 Å². The molecule has 1 N–H and O–H groups in total. The van der Waals surface area contributed by atoms with Gasteiger partial charge in [-0.25, -0.2) is 0 Å². The van der Waals surface area contributed by atoms with E-state index in [0.29, 0.717) is 18.1 Å². The number of hydrogen-bond acceptors (Lipinski definition) is 2. The van der Waals surface area contributed by atoms with Crippen LogP contribution in [-0.2, 0) is 4.74 Å². The van der Waals surface area contributed by atoms with Crippen molar-refractivity contribution in [2.75, 3.05) is 13.2 Å². The third-order valence-corrected chi connectivity index (χ3v) is 4.42. The number of fused-ring (bicyclic) bond motifs is 1. The average Bonchev–Trinajstić information content (AvgIpc) is 2.90. The molecule has 2 nitrogen and oxygen atoms in total. The second-order valence-electron chi connectivity index (χ2n) is 5.67. The summed E-state index contributed by atoms with van der Waals surface area (Å²) in [5, 5.41) is 6.28. The molecule has 0 bridgehead atoms. The van der Waals surface area contributed by atoms with E-state index in [-0.39, 0.29) is 0 Å². The molecule has 2 aromatic carbocycles. The van der Waals surface area contributed by atoms with Crippen molar-refractivity contribution >= 4 is 10.8 Å². The van der Waals surface area contributed by atoms with Gasteiger partial charge in [0, 0.05) is 18.6 Å². The van der Waals surface area contributed by atoms with Crippen LogP contribution in [0.5, 0.6) is 0 Å². The highest BCUT2D eigenvalue weighted by molar-refractivity contribution is 5.83. The molecule has 2 heteroatoms. The Morgan fingerprint density at radius 3 is 2.70 bits per heavy atom. The molecule has 3 unspecified atom stereocenters. The van der Waals surface area contributed by atoms with E-state index in [2.05, 4.69) is 61.6 Å². The maximum absolute atomic E-state index is 5.76. The molecule has 1 fully saturated rings. The van der Waals surface area contributed by atoms with E-state index in [0.717, 1.165) is 19.6 Å². The molecular formula is C18H23NO. The minimum absolute atomic E-state index is 0.338. The molecule has 2 aromatic rings. The third-order valence-electron chi connectivity index (χ3n) is 4.42. The van der Waals surface area contributed by atoms with Crippen LogP contribution in [0.2, 0.25) is 0 Å².